The van der Waals surface area contributed by atoms with Gasteiger partial charge in [0.05, 0.1) is 17.4 Å². The Morgan fingerprint density at radius 2 is 1.90 bits per heavy atom. The number of benzene rings is 2. The van der Waals surface area contributed by atoms with Gasteiger partial charge in [0.1, 0.15) is 11.4 Å². The van der Waals surface area contributed by atoms with Gasteiger partial charge in [-0.3, -0.25) is 9.69 Å². The van der Waals surface area contributed by atoms with Crippen molar-refractivity contribution in [1.29, 1.82) is 0 Å². The Labute approximate surface area is 171 Å². The molecule has 2 heterocycles. The van der Waals surface area contributed by atoms with Crippen molar-refractivity contribution in [3.05, 3.63) is 85.2 Å². The molecule has 29 heavy (non-hydrogen) atoms. The third kappa shape index (κ3) is 3.95. The number of aromatic amines is 1. The Balaban J connectivity index is 1.69. The Hall–Kier alpha value is -2.96. The molecule has 2 aromatic heterocycles. The zero-order valence-corrected chi connectivity index (χ0v) is 16.9. The van der Waals surface area contributed by atoms with Crippen molar-refractivity contribution < 1.29 is 4.42 Å². The smallest absolute Gasteiger partial charge is 0.336 e. The van der Waals surface area contributed by atoms with Gasteiger partial charge >= 0.3 is 5.63 Å². The Morgan fingerprint density at radius 3 is 2.69 bits per heavy atom. The number of hydrogen-bond donors (Lipinski definition) is 1. The first-order valence-corrected chi connectivity index (χ1v) is 9.75. The predicted molar refractivity (Wildman–Crippen MR) is 114 cm³/mol. The van der Waals surface area contributed by atoms with Crippen LogP contribution in [-0.2, 0) is 13.1 Å². The van der Waals surface area contributed by atoms with Crippen LogP contribution in [0, 0.1) is 6.92 Å². The largest absolute Gasteiger partial charge is 0.423 e. The lowest BCUT2D eigenvalue weighted by atomic mass is 10.1. The quantitative estimate of drug-likeness (QED) is 0.504. The SMILES string of the molecule is CCN(Cc1nc2ccccc2c(=O)[nH]1)Cc1cc(=O)oc2cc(C)c(Cl)cc12. The first-order chi connectivity index (χ1) is 13.9. The van der Waals surface area contributed by atoms with Gasteiger partial charge in [0.15, 0.2) is 0 Å². The summed E-state index contributed by atoms with van der Waals surface area (Å²) < 4.78 is 5.34. The summed E-state index contributed by atoms with van der Waals surface area (Å²) in [6.45, 7) is 5.53. The molecule has 0 aliphatic carbocycles. The minimum absolute atomic E-state index is 0.158. The topological polar surface area (TPSA) is 79.2 Å². The van der Waals surface area contributed by atoms with E-state index in [1.165, 1.54) is 6.07 Å². The third-order valence-electron chi connectivity index (χ3n) is 4.99. The molecule has 0 atom stereocenters. The van der Waals surface area contributed by atoms with Crippen LogP contribution in [0.25, 0.3) is 21.9 Å². The van der Waals surface area contributed by atoms with Gasteiger partial charge in [-0.25, -0.2) is 9.78 Å². The van der Waals surface area contributed by atoms with Gasteiger partial charge in [0, 0.05) is 23.0 Å². The maximum atomic E-state index is 12.3. The number of nitrogens with one attached hydrogen (secondary N) is 1. The van der Waals surface area contributed by atoms with E-state index in [1.54, 1.807) is 12.1 Å². The van der Waals surface area contributed by atoms with Crippen LogP contribution in [0.3, 0.4) is 0 Å². The lowest BCUT2D eigenvalue weighted by Gasteiger charge is -2.20. The molecule has 0 saturated heterocycles. The van der Waals surface area contributed by atoms with Crippen LogP contribution in [0.5, 0.6) is 0 Å². The van der Waals surface area contributed by atoms with E-state index < -0.39 is 5.63 Å². The molecular formula is C22H20ClN3O3. The van der Waals surface area contributed by atoms with Crippen LogP contribution in [0.2, 0.25) is 5.02 Å². The van der Waals surface area contributed by atoms with Crippen LogP contribution in [0.15, 0.2) is 56.5 Å². The highest BCUT2D eigenvalue weighted by Crippen LogP contribution is 2.26. The van der Waals surface area contributed by atoms with E-state index in [-0.39, 0.29) is 5.56 Å². The first-order valence-electron chi connectivity index (χ1n) is 9.37. The number of aromatic nitrogens is 2. The van der Waals surface area contributed by atoms with Crippen molar-refractivity contribution in [2.45, 2.75) is 26.9 Å². The van der Waals surface area contributed by atoms with Gasteiger partial charge < -0.3 is 9.40 Å². The zero-order chi connectivity index (χ0) is 20.5. The number of H-pyrrole nitrogens is 1. The summed E-state index contributed by atoms with van der Waals surface area (Å²) in [6, 6.07) is 12.4. The summed E-state index contributed by atoms with van der Waals surface area (Å²) in [5.41, 5.74) is 2.29. The summed E-state index contributed by atoms with van der Waals surface area (Å²) in [5, 5.41) is 1.99. The van der Waals surface area contributed by atoms with Gasteiger partial charge in [0.2, 0.25) is 0 Å². The summed E-state index contributed by atoms with van der Waals surface area (Å²) in [7, 11) is 0. The molecule has 0 bridgehead atoms. The molecule has 0 amide bonds. The van der Waals surface area contributed by atoms with Crippen molar-refractivity contribution in [3.63, 3.8) is 0 Å². The number of nitrogens with zero attached hydrogens (tertiary/aromatic N) is 2. The van der Waals surface area contributed by atoms with E-state index in [4.69, 9.17) is 16.0 Å². The highest BCUT2D eigenvalue weighted by atomic mass is 35.5. The molecule has 0 aliphatic rings. The van der Waals surface area contributed by atoms with E-state index in [1.807, 2.05) is 38.1 Å². The summed E-state index contributed by atoms with van der Waals surface area (Å²) in [6.07, 6.45) is 0. The van der Waals surface area contributed by atoms with Crippen LogP contribution in [0.1, 0.15) is 23.9 Å². The minimum Gasteiger partial charge on any atom is -0.423 e. The highest BCUT2D eigenvalue weighted by molar-refractivity contribution is 6.32. The molecule has 7 heteroatoms. The molecule has 1 N–H and O–H groups in total. The molecule has 4 rings (SSSR count). The molecule has 0 aliphatic heterocycles. The molecule has 6 nitrogen and oxygen atoms in total. The molecule has 0 saturated carbocycles. The summed E-state index contributed by atoms with van der Waals surface area (Å²) in [5.74, 6) is 0.580. The zero-order valence-electron chi connectivity index (χ0n) is 16.2. The average molecular weight is 410 g/mol. The molecular weight excluding hydrogens is 390 g/mol. The van der Waals surface area contributed by atoms with E-state index >= 15 is 0 Å². The van der Waals surface area contributed by atoms with E-state index in [2.05, 4.69) is 14.9 Å². The molecule has 0 radical (unpaired) electrons. The monoisotopic (exact) mass is 409 g/mol. The van der Waals surface area contributed by atoms with Crippen LogP contribution >= 0.6 is 11.6 Å². The molecule has 2 aromatic carbocycles. The number of rotatable bonds is 5. The first kappa shape index (κ1) is 19.4. The lowest BCUT2D eigenvalue weighted by molar-refractivity contribution is 0.265. The number of halogens is 1. The van der Waals surface area contributed by atoms with Gasteiger partial charge in [-0.2, -0.15) is 0 Å². The van der Waals surface area contributed by atoms with Crippen LogP contribution in [0.4, 0.5) is 0 Å². The van der Waals surface area contributed by atoms with Crippen LogP contribution in [-0.4, -0.2) is 21.4 Å². The van der Waals surface area contributed by atoms with Crippen molar-refractivity contribution in [3.8, 4) is 0 Å². The minimum atomic E-state index is -0.400. The van der Waals surface area contributed by atoms with Gasteiger partial charge in [-0.05, 0) is 48.9 Å². The van der Waals surface area contributed by atoms with Crippen molar-refractivity contribution in [1.82, 2.24) is 14.9 Å². The fraction of sp³-hybridized carbons (Fsp3) is 0.227. The summed E-state index contributed by atoms with van der Waals surface area (Å²) in [4.78, 5) is 33.9. The second-order valence-electron chi connectivity index (χ2n) is 7.02. The Kier molecular flexibility index (Phi) is 5.22. The van der Waals surface area contributed by atoms with Gasteiger partial charge in [-0.15, -0.1) is 0 Å². The Morgan fingerprint density at radius 1 is 1.10 bits per heavy atom. The van der Waals surface area contributed by atoms with Crippen molar-refractivity contribution in [2.75, 3.05) is 6.54 Å². The lowest BCUT2D eigenvalue weighted by Crippen LogP contribution is -2.26. The second-order valence-corrected chi connectivity index (χ2v) is 7.43. The fourth-order valence-corrected chi connectivity index (χ4v) is 3.58. The normalized spacial score (nSPS) is 11.6. The number of hydrogen-bond acceptors (Lipinski definition) is 5. The predicted octanol–water partition coefficient (Wildman–Crippen LogP) is 4.01. The maximum absolute atomic E-state index is 12.3. The van der Waals surface area contributed by atoms with E-state index in [9.17, 15) is 9.59 Å². The standard InChI is InChI=1S/C22H20ClN3O3/c1-3-26(12-20-24-18-7-5-4-6-15(18)22(28)25-20)11-14-9-21(27)29-19-8-13(2)17(23)10-16(14)19/h4-10H,3,11-12H2,1-2H3,(H,24,25,28). The molecule has 0 spiro atoms. The van der Waals surface area contributed by atoms with Crippen molar-refractivity contribution in [2.24, 2.45) is 0 Å². The summed E-state index contributed by atoms with van der Waals surface area (Å²) >= 11 is 6.29. The second kappa shape index (κ2) is 7.81. The van der Waals surface area contributed by atoms with Crippen molar-refractivity contribution >= 4 is 33.5 Å². The number of para-hydroxylation sites is 1. The molecule has 148 valence electrons. The van der Waals surface area contributed by atoms with Gasteiger partial charge in [-0.1, -0.05) is 30.7 Å². The molecule has 0 unspecified atom stereocenters. The average Bonchev–Trinajstić information content (AvgIpc) is 2.69. The highest BCUT2D eigenvalue weighted by Gasteiger charge is 2.13. The number of fused-ring (bicyclic) bond motifs is 2. The third-order valence-corrected chi connectivity index (χ3v) is 5.39. The molecule has 4 aromatic rings. The number of aryl methyl sites for hydroxylation is 1. The van der Waals surface area contributed by atoms with Gasteiger partial charge in [0.25, 0.3) is 5.56 Å². The molecule has 0 fully saturated rings. The fourth-order valence-electron chi connectivity index (χ4n) is 3.42. The van der Waals surface area contributed by atoms with E-state index in [0.29, 0.717) is 47.0 Å². The van der Waals surface area contributed by atoms with Crippen LogP contribution < -0.4 is 11.2 Å². The maximum Gasteiger partial charge on any atom is 0.336 e. The Bertz CT molecular complexity index is 1330. The van der Waals surface area contributed by atoms with E-state index in [0.717, 1.165) is 16.5 Å².